The number of rotatable bonds is 4. The molecular weight excluding hydrogens is 347 g/mol. The van der Waals surface area contributed by atoms with Gasteiger partial charge >= 0.3 is 152 Å². The Morgan fingerprint density at radius 2 is 0.480 bits per heavy atom. The Balaban J connectivity index is 2.13. The van der Waals surface area contributed by atoms with Gasteiger partial charge in [-0.05, 0) is 0 Å². The fraction of sp³-hybridized carbons (Fsp3) is 0. The van der Waals surface area contributed by atoms with Crippen molar-refractivity contribution in [1.29, 1.82) is 0 Å². The molecule has 4 aromatic carbocycles. The van der Waals surface area contributed by atoms with E-state index in [-0.39, 0.29) is 0 Å². The predicted octanol–water partition coefficient (Wildman–Crippen LogP) is 3.44. The van der Waals surface area contributed by atoms with Crippen molar-refractivity contribution < 1.29 is 12.6 Å². The topological polar surface area (TPSA) is 0 Å². The fourth-order valence-electron chi connectivity index (χ4n) is 2.96. The molecule has 0 unspecified atom stereocenters. The maximum absolute atomic E-state index is 2.28. The molecule has 0 aromatic heterocycles. The molecule has 0 heterocycles. The first-order chi connectivity index (χ1) is 12.4. The van der Waals surface area contributed by atoms with Crippen molar-refractivity contribution in [3.63, 3.8) is 0 Å². The molecule has 0 radical (unpaired) electrons. The predicted molar refractivity (Wildman–Crippen MR) is 104 cm³/mol. The van der Waals surface area contributed by atoms with E-state index in [0.717, 1.165) is 0 Å². The van der Waals surface area contributed by atoms with Crippen LogP contribution in [0.2, 0.25) is 0 Å². The fourth-order valence-corrected chi connectivity index (χ4v) is 7.92. The summed E-state index contributed by atoms with van der Waals surface area (Å²) in [6.07, 6.45) is 0. The molecule has 0 spiro atoms. The quantitative estimate of drug-likeness (QED) is 0.518. The summed E-state index contributed by atoms with van der Waals surface area (Å²) in [5.41, 5.74) is 0. The molecule has 0 aliphatic heterocycles. The third-order valence-corrected chi connectivity index (χ3v) is 9.02. The summed E-state index contributed by atoms with van der Waals surface area (Å²) < 4.78 is 5.54. The van der Waals surface area contributed by atoms with Gasteiger partial charge in [-0.25, -0.2) is 0 Å². The Labute approximate surface area is 152 Å². The molecule has 0 fully saturated rings. The molecule has 0 aliphatic carbocycles. The summed E-state index contributed by atoms with van der Waals surface area (Å²) in [5.74, 6) is 0. The molecule has 0 nitrogen and oxygen atoms in total. The van der Waals surface area contributed by atoms with Gasteiger partial charge in [-0.2, -0.15) is 0 Å². The van der Waals surface area contributed by atoms with E-state index in [4.69, 9.17) is 0 Å². The van der Waals surface area contributed by atoms with Crippen molar-refractivity contribution in [2.24, 2.45) is 0 Å². The molecule has 0 atom stereocenters. The molecule has 0 saturated heterocycles. The average Bonchev–Trinajstić information content (AvgIpc) is 2.72. The standard InChI is InChI=1S/4C6H5.Co/c4*1-2-4-6-5-3-1;/h4*1-5H;. The Morgan fingerprint density at radius 1 is 0.280 bits per heavy atom. The van der Waals surface area contributed by atoms with E-state index >= 15 is 0 Å². The molecule has 0 saturated carbocycles. The van der Waals surface area contributed by atoms with Gasteiger partial charge in [-0.1, -0.05) is 0 Å². The van der Waals surface area contributed by atoms with Crippen molar-refractivity contribution in [3.05, 3.63) is 121 Å². The summed E-state index contributed by atoms with van der Waals surface area (Å²) >= 11 is -1.88. The van der Waals surface area contributed by atoms with Crippen LogP contribution < -0.4 is 18.0 Å². The van der Waals surface area contributed by atoms with E-state index < -0.39 is 12.6 Å². The molecule has 0 N–H and O–H groups in total. The van der Waals surface area contributed by atoms with E-state index in [9.17, 15) is 0 Å². The molecular formula is C24H20Co. The minimum absolute atomic E-state index is 1.39. The second kappa shape index (κ2) is 7.10. The number of hydrogen-bond donors (Lipinski definition) is 0. The third-order valence-electron chi connectivity index (χ3n) is 4.03. The Hall–Kier alpha value is -2.61. The molecule has 0 bridgehead atoms. The first-order valence-electron chi connectivity index (χ1n) is 8.31. The van der Waals surface area contributed by atoms with Crippen LogP contribution in [0.3, 0.4) is 0 Å². The molecule has 0 amide bonds. The van der Waals surface area contributed by atoms with Crippen LogP contribution >= 0.6 is 0 Å². The van der Waals surface area contributed by atoms with Gasteiger partial charge in [0.25, 0.3) is 0 Å². The zero-order valence-corrected chi connectivity index (χ0v) is 14.9. The van der Waals surface area contributed by atoms with Gasteiger partial charge in [0.05, 0.1) is 0 Å². The zero-order valence-electron chi connectivity index (χ0n) is 13.9. The van der Waals surface area contributed by atoms with Crippen LogP contribution in [-0.4, -0.2) is 0 Å². The molecule has 0 aliphatic rings. The summed E-state index contributed by atoms with van der Waals surface area (Å²) in [6, 6.07) is 43.8. The summed E-state index contributed by atoms with van der Waals surface area (Å²) in [7, 11) is 0. The van der Waals surface area contributed by atoms with Gasteiger partial charge < -0.3 is 0 Å². The Bertz CT molecular complexity index is 753. The maximum atomic E-state index is 2.28. The Kier molecular flexibility index (Phi) is 4.51. The first-order valence-corrected chi connectivity index (χ1v) is 10.4. The number of hydrogen-bond acceptors (Lipinski definition) is 0. The normalized spacial score (nSPS) is 11.8. The van der Waals surface area contributed by atoms with Gasteiger partial charge in [-0.3, -0.25) is 0 Å². The van der Waals surface area contributed by atoms with Crippen LogP contribution in [0.15, 0.2) is 121 Å². The minimum atomic E-state index is -1.88. The van der Waals surface area contributed by atoms with Crippen molar-refractivity contribution in [3.8, 4) is 0 Å². The van der Waals surface area contributed by atoms with Crippen LogP contribution in [0.1, 0.15) is 0 Å². The second-order valence-corrected chi connectivity index (χ2v) is 9.54. The SMILES string of the molecule is c1cc[c]([Co]([c]2ccccc2)([c]2ccccc2)[c]2ccccc2)cc1. The van der Waals surface area contributed by atoms with Crippen molar-refractivity contribution in [2.75, 3.05) is 0 Å². The van der Waals surface area contributed by atoms with E-state index in [0.29, 0.717) is 0 Å². The monoisotopic (exact) mass is 367 g/mol. The van der Waals surface area contributed by atoms with E-state index in [2.05, 4.69) is 121 Å². The van der Waals surface area contributed by atoms with Crippen LogP contribution in [-0.2, 0) is 12.6 Å². The molecule has 4 rings (SSSR count). The first kappa shape index (κ1) is 15.9. The van der Waals surface area contributed by atoms with Gasteiger partial charge in [-0.15, -0.1) is 0 Å². The molecule has 1 heteroatoms. The van der Waals surface area contributed by atoms with E-state index in [1.807, 2.05) is 0 Å². The van der Waals surface area contributed by atoms with Gasteiger partial charge in [0.15, 0.2) is 0 Å². The van der Waals surface area contributed by atoms with Crippen LogP contribution in [0, 0.1) is 0 Å². The van der Waals surface area contributed by atoms with Crippen LogP contribution in [0.4, 0.5) is 0 Å². The van der Waals surface area contributed by atoms with Crippen LogP contribution in [0.5, 0.6) is 0 Å². The molecule has 125 valence electrons. The van der Waals surface area contributed by atoms with E-state index in [1.54, 1.807) is 0 Å². The Morgan fingerprint density at radius 3 is 0.680 bits per heavy atom. The van der Waals surface area contributed by atoms with E-state index in [1.165, 1.54) is 18.0 Å². The number of benzene rings is 4. The summed E-state index contributed by atoms with van der Waals surface area (Å²) in [4.78, 5) is 0. The summed E-state index contributed by atoms with van der Waals surface area (Å²) in [6.45, 7) is 0. The average molecular weight is 367 g/mol. The van der Waals surface area contributed by atoms with Crippen molar-refractivity contribution >= 4 is 18.0 Å². The van der Waals surface area contributed by atoms with Gasteiger partial charge in [0.2, 0.25) is 0 Å². The molecule has 25 heavy (non-hydrogen) atoms. The van der Waals surface area contributed by atoms with Gasteiger partial charge in [0.1, 0.15) is 0 Å². The van der Waals surface area contributed by atoms with Crippen molar-refractivity contribution in [1.82, 2.24) is 0 Å². The molecule has 4 aromatic rings. The third kappa shape index (κ3) is 2.82. The summed E-state index contributed by atoms with van der Waals surface area (Å²) in [5, 5.41) is 0. The van der Waals surface area contributed by atoms with Gasteiger partial charge in [0, 0.05) is 0 Å². The van der Waals surface area contributed by atoms with Crippen LogP contribution in [0.25, 0.3) is 0 Å². The van der Waals surface area contributed by atoms with Crippen molar-refractivity contribution in [2.45, 2.75) is 0 Å². The zero-order chi connectivity index (χ0) is 17.0. The second-order valence-electron chi connectivity index (χ2n) is 5.58.